The van der Waals surface area contributed by atoms with Gasteiger partial charge >= 0.3 is 0 Å². The van der Waals surface area contributed by atoms with Crippen LogP contribution >= 0.6 is 0 Å². The summed E-state index contributed by atoms with van der Waals surface area (Å²) in [5.74, 6) is -0.230. The standard InChI is InChI=1S/C10H22N2O/c1-6-12(7-2)8(3)10(4,5)9(11)13/h8H,6-7H2,1-5H3,(H2,11,13). The van der Waals surface area contributed by atoms with E-state index in [4.69, 9.17) is 5.73 Å². The normalized spacial score (nSPS) is 14.6. The second-order valence-corrected chi connectivity index (χ2v) is 3.98. The van der Waals surface area contributed by atoms with Gasteiger partial charge in [0.15, 0.2) is 0 Å². The van der Waals surface area contributed by atoms with E-state index >= 15 is 0 Å². The molecule has 0 aliphatic carbocycles. The third-order valence-corrected chi connectivity index (χ3v) is 3.04. The Balaban J connectivity index is 4.55. The highest BCUT2D eigenvalue weighted by Crippen LogP contribution is 2.24. The first-order chi connectivity index (χ1) is 5.87. The number of nitrogens with two attached hydrogens (primary N) is 1. The fraction of sp³-hybridized carbons (Fsp3) is 0.900. The highest BCUT2D eigenvalue weighted by atomic mass is 16.1. The molecule has 2 N–H and O–H groups in total. The van der Waals surface area contributed by atoms with Crippen LogP contribution in [0.3, 0.4) is 0 Å². The summed E-state index contributed by atoms with van der Waals surface area (Å²) in [5.41, 5.74) is 4.90. The van der Waals surface area contributed by atoms with E-state index in [1.54, 1.807) is 0 Å². The van der Waals surface area contributed by atoms with E-state index < -0.39 is 5.41 Å². The number of primary amides is 1. The molecule has 0 saturated heterocycles. The molecular weight excluding hydrogens is 164 g/mol. The van der Waals surface area contributed by atoms with Crippen molar-refractivity contribution in [1.29, 1.82) is 0 Å². The lowest BCUT2D eigenvalue weighted by Gasteiger charge is -2.36. The lowest BCUT2D eigenvalue weighted by Crippen LogP contribution is -2.49. The SMILES string of the molecule is CCN(CC)C(C)C(C)(C)C(N)=O. The molecule has 0 spiro atoms. The molecule has 1 unspecified atom stereocenters. The van der Waals surface area contributed by atoms with E-state index in [1.165, 1.54) is 0 Å². The molecule has 1 atom stereocenters. The molecule has 13 heavy (non-hydrogen) atoms. The Morgan fingerprint density at radius 2 is 1.77 bits per heavy atom. The fourth-order valence-electron chi connectivity index (χ4n) is 1.43. The van der Waals surface area contributed by atoms with E-state index in [1.807, 2.05) is 13.8 Å². The van der Waals surface area contributed by atoms with Gasteiger partial charge in [0.1, 0.15) is 0 Å². The smallest absolute Gasteiger partial charge is 0.224 e. The second kappa shape index (κ2) is 4.61. The van der Waals surface area contributed by atoms with Crippen LogP contribution in [0.15, 0.2) is 0 Å². The molecule has 0 heterocycles. The predicted molar refractivity (Wildman–Crippen MR) is 55.4 cm³/mol. The summed E-state index contributed by atoms with van der Waals surface area (Å²) in [6, 6.07) is 0.194. The Morgan fingerprint density at radius 3 is 2.00 bits per heavy atom. The number of hydrogen-bond donors (Lipinski definition) is 1. The van der Waals surface area contributed by atoms with Gasteiger partial charge in [-0.3, -0.25) is 4.79 Å². The molecule has 78 valence electrons. The van der Waals surface area contributed by atoms with Gasteiger partial charge in [-0.15, -0.1) is 0 Å². The van der Waals surface area contributed by atoms with Gasteiger partial charge in [0.2, 0.25) is 5.91 Å². The van der Waals surface area contributed by atoms with Crippen molar-refractivity contribution in [2.24, 2.45) is 11.1 Å². The van der Waals surface area contributed by atoms with Crippen molar-refractivity contribution in [1.82, 2.24) is 4.90 Å². The Morgan fingerprint density at radius 1 is 1.38 bits per heavy atom. The number of hydrogen-bond acceptors (Lipinski definition) is 2. The first kappa shape index (κ1) is 12.4. The van der Waals surface area contributed by atoms with E-state index in [9.17, 15) is 4.79 Å². The van der Waals surface area contributed by atoms with Crippen LogP contribution in [-0.2, 0) is 4.79 Å². The summed E-state index contributed by atoms with van der Waals surface area (Å²) in [6.45, 7) is 11.9. The van der Waals surface area contributed by atoms with E-state index in [2.05, 4.69) is 25.7 Å². The molecule has 0 aromatic carbocycles. The summed E-state index contributed by atoms with van der Waals surface area (Å²) in [6.07, 6.45) is 0. The summed E-state index contributed by atoms with van der Waals surface area (Å²) in [7, 11) is 0. The number of amides is 1. The molecule has 0 radical (unpaired) electrons. The lowest BCUT2D eigenvalue weighted by atomic mass is 9.83. The van der Waals surface area contributed by atoms with Crippen LogP contribution in [0.2, 0.25) is 0 Å². The minimum Gasteiger partial charge on any atom is -0.369 e. The Labute approximate surface area is 81.3 Å². The molecule has 3 heteroatoms. The van der Waals surface area contributed by atoms with Crippen LogP contribution in [0, 0.1) is 5.41 Å². The quantitative estimate of drug-likeness (QED) is 0.702. The van der Waals surface area contributed by atoms with Gasteiger partial charge in [-0.2, -0.15) is 0 Å². The van der Waals surface area contributed by atoms with Crippen molar-refractivity contribution in [2.45, 2.75) is 40.7 Å². The largest absolute Gasteiger partial charge is 0.369 e. The van der Waals surface area contributed by atoms with Gasteiger partial charge in [0, 0.05) is 6.04 Å². The molecule has 0 aromatic heterocycles. The molecule has 0 rings (SSSR count). The van der Waals surface area contributed by atoms with Gasteiger partial charge in [-0.05, 0) is 33.9 Å². The molecule has 0 aromatic rings. The summed E-state index contributed by atoms with van der Waals surface area (Å²) >= 11 is 0. The Kier molecular flexibility index (Phi) is 4.40. The van der Waals surface area contributed by atoms with Crippen molar-refractivity contribution in [3.63, 3.8) is 0 Å². The average molecular weight is 186 g/mol. The third-order valence-electron chi connectivity index (χ3n) is 3.04. The number of carbonyl (C=O) groups excluding carboxylic acids is 1. The molecule has 0 fully saturated rings. The van der Waals surface area contributed by atoms with E-state index in [0.717, 1.165) is 13.1 Å². The van der Waals surface area contributed by atoms with Crippen LogP contribution in [0.4, 0.5) is 0 Å². The topological polar surface area (TPSA) is 46.3 Å². The minimum absolute atomic E-state index is 0.194. The average Bonchev–Trinajstić information content (AvgIpc) is 2.06. The summed E-state index contributed by atoms with van der Waals surface area (Å²) in [5, 5.41) is 0. The van der Waals surface area contributed by atoms with Crippen molar-refractivity contribution >= 4 is 5.91 Å². The first-order valence-electron chi connectivity index (χ1n) is 4.91. The van der Waals surface area contributed by atoms with Gasteiger partial charge in [0.05, 0.1) is 5.41 Å². The van der Waals surface area contributed by atoms with Gasteiger partial charge in [0.25, 0.3) is 0 Å². The summed E-state index contributed by atoms with van der Waals surface area (Å²) < 4.78 is 0. The van der Waals surface area contributed by atoms with Crippen LogP contribution in [-0.4, -0.2) is 29.9 Å². The van der Waals surface area contributed by atoms with Crippen molar-refractivity contribution in [3.8, 4) is 0 Å². The van der Waals surface area contributed by atoms with E-state index in [-0.39, 0.29) is 11.9 Å². The number of carbonyl (C=O) groups is 1. The molecule has 0 aliphatic rings. The highest BCUT2D eigenvalue weighted by molar-refractivity contribution is 5.80. The molecule has 1 amide bonds. The third kappa shape index (κ3) is 2.69. The molecule has 0 bridgehead atoms. The van der Waals surface area contributed by atoms with Crippen molar-refractivity contribution in [3.05, 3.63) is 0 Å². The molecular formula is C10H22N2O. The number of rotatable bonds is 5. The van der Waals surface area contributed by atoms with Crippen LogP contribution < -0.4 is 5.73 Å². The highest BCUT2D eigenvalue weighted by Gasteiger charge is 2.34. The monoisotopic (exact) mass is 186 g/mol. The van der Waals surface area contributed by atoms with Crippen LogP contribution in [0.1, 0.15) is 34.6 Å². The second-order valence-electron chi connectivity index (χ2n) is 3.98. The lowest BCUT2D eigenvalue weighted by molar-refractivity contribution is -0.129. The van der Waals surface area contributed by atoms with Gasteiger partial charge < -0.3 is 10.6 Å². The molecule has 0 saturated carbocycles. The van der Waals surface area contributed by atoms with E-state index in [0.29, 0.717) is 0 Å². The minimum atomic E-state index is -0.452. The maximum atomic E-state index is 11.2. The van der Waals surface area contributed by atoms with Crippen molar-refractivity contribution < 1.29 is 4.79 Å². The van der Waals surface area contributed by atoms with Crippen molar-refractivity contribution in [2.75, 3.05) is 13.1 Å². The van der Waals surface area contributed by atoms with Gasteiger partial charge in [-0.1, -0.05) is 13.8 Å². The first-order valence-corrected chi connectivity index (χ1v) is 4.91. The zero-order valence-electron chi connectivity index (χ0n) is 9.42. The van der Waals surface area contributed by atoms with Crippen LogP contribution in [0.25, 0.3) is 0 Å². The Hall–Kier alpha value is -0.570. The maximum Gasteiger partial charge on any atom is 0.224 e. The zero-order valence-corrected chi connectivity index (χ0v) is 9.42. The fourth-order valence-corrected chi connectivity index (χ4v) is 1.43. The summed E-state index contributed by atoms with van der Waals surface area (Å²) in [4.78, 5) is 13.4. The molecule has 3 nitrogen and oxygen atoms in total. The predicted octanol–water partition coefficient (Wildman–Crippen LogP) is 1.23. The zero-order chi connectivity index (χ0) is 10.6. The maximum absolute atomic E-state index is 11.2. The van der Waals surface area contributed by atoms with Crippen LogP contribution in [0.5, 0.6) is 0 Å². The van der Waals surface area contributed by atoms with Gasteiger partial charge in [-0.25, -0.2) is 0 Å². The molecule has 0 aliphatic heterocycles. The Bertz CT molecular complexity index is 174. The number of nitrogens with zero attached hydrogens (tertiary/aromatic N) is 1.